The zero-order valence-electron chi connectivity index (χ0n) is 7.40. The first-order valence-corrected chi connectivity index (χ1v) is 3.69. The second kappa shape index (κ2) is 4.21. The average molecular weight is 228 g/mol. The van der Waals surface area contributed by atoms with Crippen molar-refractivity contribution in [3.8, 4) is 0 Å². The third kappa shape index (κ3) is 2.39. The molecule has 0 amide bonds. The molecule has 2 rings (SSSR count). The van der Waals surface area contributed by atoms with Gasteiger partial charge in [0.1, 0.15) is 5.92 Å². The van der Waals surface area contributed by atoms with E-state index < -0.39 is 23.5 Å². The number of hydrogen-bond acceptors (Lipinski definition) is 0. The number of rotatable bonds is 1. The zero-order valence-corrected chi connectivity index (χ0v) is 10.5. The molecule has 0 aliphatic heterocycles. The Balaban J connectivity index is 0.000000980. The molecule has 0 aromatic heterocycles. The third-order valence-corrected chi connectivity index (χ3v) is 2.00. The van der Waals surface area contributed by atoms with Gasteiger partial charge in [-0.05, 0) is 12.1 Å². The quantitative estimate of drug-likeness (QED) is 0.358. The minimum Gasteiger partial charge on any atom is -0.252 e. The molecular weight excluding hydrogens is 223 g/mol. The molecule has 0 bridgehead atoms. The van der Waals surface area contributed by atoms with E-state index in [2.05, 4.69) is 0 Å². The van der Waals surface area contributed by atoms with Gasteiger partial charge in [0.05, 0.1) is 0 Å². The van der Waals surface area contributed by atoms with Gasteiger partial charge >= 0.3 is 51.4 Å². The van der Waals surface area contributed by atoms with Gasteiger partial charge in [0, 0.05) is 0 Å². The first kappa shape index (κ1) is 12.6. The van der Waals surface area contributed by atoms with Gasteiger partial charge in [-0.15, -0.1) is 5.92 Å². The monoisotopic (exact) mass is 228 g/mol. The van der Waals surface area contributed by atoms with Gasteiger partial charge in [-0.25, -0.2) is 17.6 Å². The molecule has 0 nitrogen and oxygen atoms in total. The molecule has 0 spiro atoms. The summed E-state index contributed by atoms with van der Waals surface area (Å²) in [4.78, 5) is 0. The van der Waals surface area contributed by atoms with E-state index in [4.69, 9.17) is 0 Å². The molecule has 1 aliphatic carbocycles. The van der Waals surface area contributed by atoms with Gasteiger partial charge in [-0.2, -0.15) is 0 Å². The minimum atomic E-state index is -2.86. The molecule has 0 radical (unpaired) electrons. The summed E-state index contributed by atoms with van der Waals surface area (Å²) in [6, 6.07) is 2.82. The van der Waals surface area contributed by atoms with Crippen LogP contribution in [0.25, 0.3) is 0 Å². The first-order chi connectivity index (χ1) is 6.00. The van der Waals surface area contributed by atoms with Crippen molar-refractivity contribution in [1.29, 1.82) is 0 Å². The Morgan fingerprint density at radius 1 is 1.14 bits per heavy atom. The largest absolute Gasteiger partial charge is 1.00 e. The van der Waals surface area contributed by atoms with Gasteiger partial charge in [-0.3, -0.25) is 6.42 Å². The predicted molar refractivity (Wildman–Crippen MR) is 38.3 cm³/mol. The SMILES string of the molecule is Fc1ccc(C2[CH-]C2(F)F)cc1F.[K+]. The fourth-order valence-corrected chi connectivity index (χ4v) is 1.20. The Hall–Kier alpha value is 0.576. The van der Waals surface area contributed by atoms with Crippen LogP contribution in [0.2, 0.25) is 0 Å². The van der Waals surface area contributed by atoms with Gasteiger partial charge in [0.15, 0.2) is 11.6 Å². The number of alkyl halides is 2. The number of benzene rings is 1. The van der Waals surface area contributed by atoms with Crippen molar-refractivity contribution in [2.75, 3.05) is 0 Å². The Bertz CT molecular complexity index is 351. The fourth-order valence-electron chi connectivity index (χ4n) is 1.20. The van der Waals surface area contributed by atoms with Crippen molar-refractivity contribution >= 4 is 0 Å². The van der Waals surface area contributed by atoms with E-state index in [-0.39, 0.29) is 56.9 Å². The van der Waals surface area contributed by atoms with Gasteiger partial charge in [-0.1, -0.05) is 11.6 Å². The molecule has 1 aliphatic rings. The Kier molecular flexibility index (Phi) is 3.81. The Labute approximate surface area is 121 Å². The van der Waals surface area contributed by atoms with Crippen LogP contribution in [0.5, 0.6) is 0 Å². The van der Waals surface area contributed by atoms with E-state index in [1.165, 1.54) is 6.07 Å². The van der Waals surface area contributed by atoms with E-state index in [0.29, 0.717) is 0 Å². The van der Waals surface area contributed by atoms with E-state index in [0.717, 1.165) is 18.6 Å². The molecule has 70 valence electrons. The van der Waals surface area contributed by atoms with E-state index >= 15 is 0 Å². The van der Waals surface area contributed by atoms with Crippen LogP contribution in [0.15, 0.2) is 18.2 Å². The second-order valence-corrected chi connectivity index (χ2v) is 2.99. The maximum atomic E-state index is 12.6. The molecular formula is C9H5F4K. The average Bonchev–Trinajstić information content (AvgIpc) is 2.66. The second-order valence-electron chi connectivity index (χ2n) is 2.99. The smallest absolute Gasteiger partial charge is 0.252 e. The molecule has 5 heteroatoms. The molecule has 14 heavy (non-hydrogen) atoms. The van der Waals surface area contributed by atoms with Crippen LogP contribution < -0.4 is 51.4 Å². The maximum absolute atomic E-state index is 12.6. The summed E-state index contributed by atoms with van der Waals surface area (Å²) in [6.07, 6.45) is 0.791. The van der Waals surface area contributed by atoms with Gasteiger partial charge < -0.3 is 0 Å². The summed E-state index contributed by atoms with van der Waals surface area (Å²) in [5, 5.41) is 0. The Morgan fingerprint density at radius 3 is 2.14 bits per heavy atom. The van der Waals surface area contributed by atoms with Gasteiger partial charge in [0.25, 0.3) is 0 Å². The van der Waals surface area contributed by atoms with Crippen LogP contribution in [0, 0.1) is 18.1 Å². The fraction of sp³-hybridized carbons (Fsp3) is 0.222. The zero-order chi connectivity index (χ0) is 9.64. The topological polar surface area (TPSA) is 0 Å². The first-order valence-electron chi connectivity index (χ1n) is 3.69. The molecule has 0 saturated heterocycles. The van der Waals surface area contributed by atoms with Crippen LogP contribution in [0.1, 0.15) is 11.5 Å². The van der Waals surface area contributed by atoms with Crippen LogP contribution >= 0.6 is 0 Å². The van der Waals surface area contributed by atoms with E-state index in [9.17, 15) is 17.6 Å². The summed E-state index contributed by atoms with van der Waals surface area (Å²) in [5.41, 5.74) is 0.115. The van der Waals surface area contributed by atoms with E-state index in [1.807, 2.05) is 0 Å². The molecule has 0 N–H and O–H groups in total. The van der Waals surface area contributed by atoms with Gasteiger partial charge in [0.2, 0.25) is 0 Å². The summed E-state index contributed by atoms with van der Waals surface area (Å²) in [5.74, 6) is -6.02. The Morgan fingerprint density at radius 2 is 1.71 bits per heavy atom. The molecule has 0 heterocycles. The summed E-state index contributed by atoms with van der Waals surface area (Å²) in [6.45, 7) is 0. The maximum Gasteiger partial charge on any atom is 1.00 e. The molecule has 1 unspecified atom stereocenters. The normalized spacial score (nSPS) is 22.7. The predicted octanol–water partition coefficient (Wildman–Crippen LogP) is -0.0944. The van der Waals surface area contributed by atoms with Crippen LogP contribution in [0.3, 0.4) is 0 Å². The van der Waals surface area contributed by atoms with Crippen LogP contribution in [-0.4, -0.2) is 5.92 Å². The molecule has 1 aromatic rings. The summed E-state index contributed by atoms with van der Waals surface area (Å²) in [7, 11) is 0. The molecule has 1 aromatic carbocycles. The van der Waals surface area contributed by atoms with Crippen molar-refractivity contribution in [3.05, 3.63) is 41.8 Å². The molecule has 1 saturated carbocycles. The standard InChI is InChI=1S/C9H5F4.K/c10-7-2-1-5(3-8(7)11)6-4-9(6,12)13;/h1-4,6H;/q-1;+1. The molecule has 1 atom stereocenters. The van der Waals surface area contributed by atoms with Crippen LogP contribution in [0.4, 0.5) is 17.6 Å². The van der Waals surface area contributed by atoms with Crippen molar-refractivity contribution < 1.29 is 68.9 Å². The summed E-state index contributed by atoms with van der Waals surface area (Å²) < 4.78 is 49.9. The van der Waals surface area contributed by atoms with Crippen molar-refractivity contribution in [3.63, 3.8) is 0 Å². The van der Waals surface area contributed by atoms with Crippen molar-refractivity contribution in [2.24, 2.45) is 0 Å². The summed E-state index contributed by atoms with van der Waals surface area (Å²) >= 11 is 0. The van der Waals surface area contributed by atoms with Crippen molar-refractivity contribution in [1.82, 2.24) is 0 Å². The van der Waals surface area contributed by atoms with Crippen LogP contribution in [-0.2, 0) is 0 Å². The number of hydrogen-bond donors (Lipinski definition) is 0. The third-order valence-electron chi connectivity index (χ3n) is 2.00. The molecule has 1 fully saturated rings. The van der Waals surface area contributed by atoms with Crippen molar-refractivity contribution in [2.45, 2.75) is 11.8 Å². The number of halogens is 4. The minimum absolute atomic E-state index is 0. The van der Waals surface area contributed by atoms with E-state index in [1.54, 1.807) is 0 Å².